The first-order chi connectivity index (χ1) is 16.4. The van der Waals surface area contributed by atoms with Gasteiger partial charge in [0.25, 0.3) is 0 Å². The molecule has 0 fully saturated rings. The molecule has 3 N–H and O–H groups in total. The Morgan fingerprint density at radius 2 is 1.86 bits per heavy atom. The van der Waals surface area contributed by atoms with Crippen molar-refractivity contribution in [2.75, 3.05) is 12.8 Å². The molecule has 0 saturated heterocycles. The molecule has 3 rings (SSSR count). The molecule has 0 aliphatic carbocycles. The molecule has 0 saturated carbocycles. The first kappa shape index (κ1) is 25.7. The monoisotopic (exact) mass is 479 g/mol. The second kappa shape index (κ2) is 9.77. The summed E-state index contributed by atoms with van der Waals surface area (Å²) in [5.41, 5.74) is 7.69. The summed E-state index contributed by atoms with van der Waals surface area (Å²) in [5.74, 6) is -0.141. The van der Waals surface area contributed by atoms with E-state index in [-0.39, 0.29) is 5.92 Å². The van der Waals surface area contributed by atoms with E-state index in [2.05, 4.69) is 21.9 Å². The first-order valence-electron chi connectivity index (χ1n) is 11.3. The van der Waals surface area contributed by atoms with Crippen molar-refractivity contribution in [3.63, 3.8) is 0 Å². The van der Waals surface area contributed by atoms with Crippen molar-refractivity contribution in [3.8, 4) is 11.1 Å². The minimum absolute atomic E-state index is 0.0890. The number of esters is 1. The molecule has 0 aliphatic heterocycles. The molecule has 1 amide bonds. The summed E-state index contributed by atoms with van der Waals surface area (Å²) in [4.78, 5) is 32.9. The Kier molecular flexibility index (Phi) is 7.19. The number of carbonyl (C=O) groups is 2. The summed E-state index contributed by atoms with van der Waals surface area (Å²) in [7, 11) is 1.34. The third kappa shape index (κ3) is 5.62. The van der Waals surface area contributed by atoms with Gasteiger partial charge in [0.05, 0.1) is 23.6 Å². The molecule has 1 unspecified atom stereocenters. The minimum atomic E-state index is -0.750. The highest BCUT2D eigenvalue weighted by Crippen LogP contribution is 2.34. The molecule has 2 atom stereocenters. The van der Waals surface area contributed by atoms with Crippen molar-refractivity contribution in [1.29, 1.82) is 0 Å². The van der Waals surface area contributed by atoms with Crippen LogP contribution in [0.2, 0.25) is 0 Å². The Balaban J connectivity index is 1.96. The third-order valence-electron chi connectivity index (χ3n) is 5.99. The number of aromatic nitrogens is 3. The Morgan fingerprint density at radius 1 is 1.20 bits per heavy atom. The van der Waals surface area contributed by atoms with Gasteiger partial charge in [0, 0.05) is 24.2 Å². The van der Waals surface area contributed by atoms with Gasteiger partial charge in [-0.05, 0) is 45.4 Å². The van der Waals surface area contributed by atoms with Gasteiger partial charge in [-0.1, -0.05) is 25.1 Å². The van der Waals surface area contributed by atoms with E-state index in [1.807, 2.05) is 57.5 Å². The van der Waals surface area contributed by atoms with Crippen molar-refractivity contribution >= 4 is 28.9 Å². The third-order valence-corrected chi connectivity index (χ3v) is 5.99. The van der Waals surface area contributed by atoms with Crippen LogP contribution in [0.4, 0.5) is 10.6 Å². The number of nitrogen functional groups attached to an aromatic ring is 1. The lowest BCUT2D eigenvalue weighted by atomic mass is 9.87. The number of nitrogens with two attached hydrogens (primary N) is 1. The van der Waals surface area contributed by atoms with E-state index >= 15 is 0 Å². The Bertz CT molecular complexity index is 1240. The van der Waals surface area contributed by atoms with Crippen LogP contribution in [0.3, 0.4) is 0 Å². The van der Waals surface area contributed by atoms with Gasteiger partial charge in [-0.25, -0.2) is 19.6 Å². The van der Waals surface area contributed by atoms with E-state index in [4.69, 9.17) is 15.2 Å². The van der Waals surface area contributed by atoms with Crippen LogP contribution >= 0.6 is 0 Å². The van der Waals surface area contributed by atoms with E-state index in [0.717, 1.165) is 11.1 Å². The number of ether oxygens (including phenoxy) is 2. The number of anilines is 1. The van der Waals surface area contributed by atoms with Crippen molar-refractivity contribution < 1.29 is 19.1 Å². The van der Waals surface area contributed by atoms with Gasteiger partial charge in [0.2, 0.25) is 0 Å². The number of fused-ring (bicyclic) bond motifs is 1. The van der Waals surface area contributed by atoms with Gasteiger partial charge in [0.15, 0.2) is 0 Å². The summed E-state index contributed by atoms with van der Waals surface area (Å²) < 4.78 is 12.2. The number of methoxy groups -OCH3 is 1. The number of carbonyl (C=O) groups excluding carboxylic acids is 2. The summed E-state index contributed by atoms with van der Waals surface area (Å²) >= 11 is 0. The second-order valence-electron chi connectivity index (χ2n) is 9.74. The van der Waals surface area contributed by atoms with Crippen LogP contribution in [-0.4, -0.2) is 44.8 Å². The van der Waals surface area contributed by atoms with Gasteiger partial charge >= 0.3 is 12.1 Å². The molecule has 0 aliphatic rings. The van der Waals surface area contributed by atoms with E-state index < -0.39 is 23.2 Å². The maximum absolute atomic E-state index is 12.5. The van der Waals surface area contributed by atoms with E-state index in [1.54, 1.807) is 18.2 Å². The first-order valence-corrected chi connectivity index (χ1v) is 11.3. The zero-order chi connectivity index (χ0) is 26.0. The molecule has 0 spiro atoms. The van der Waals surface area contributed by atoms with Gasteiger partial charge in [0.1, 0.15) is 23.4 Å². The fourth-order valence-electron chi connectivity index (χ4n) is 3.79. The molecule has 1 aromatic carbocycles. The van der Waals surface area contributed by atoms with Gasteiger partial charge < -0.3 is 25.1 Å². The highest BCUT2D eigenvalue weighted by molar-refractivity contribution is 6.01. The van der Waals surface area contributed by atoms with Crippen LogP contribution in [0.1, 0.15) is 45.0 Å². The topological polar surface area (TPSA) is 121 Å². The van der Waals surface area contributed by atoms with Crippen LogP contribution < -0.4 is 11.1 Å². The van der Waals surface area contributed by atoms with Crippen molar-refractivity contribution in [3.05, 3.63) is 55.0 Å². The smallest absolute Gasteiger partial charge is 0.408 e. The second-order valence-corrected chi connectivity index (χ2v) is 9.74. The number of hydrogen-bond donors (Lipinski definition) is 2. The maximum atomic E-state index is 12.5. The SMILES string of the molecule is C=C[C@](C)(NC(=O)OC(C)(C)C)C(C)Cn1cc(-c2ccc(C(=O)OC)cc2)c2c(N)ncnc21. The molecular weight excluding hydrogens is 446 g/mol. The van der Waals surface area contributed by atoms with Crippen LogP contribution in [-0.2, 0) is 16.0 Å². The minimum Gasteiger partial charge on any atom is -0.465 e. The molecule has 186 valence electrons. The number of benzene rings is 1. The predicted octanol–water partition coefficient (Wildman–Crippen LogP) is 4.57. The average Bonchev–Trinajstić information content (AvgIpc) is 3.16. The Labute approximate surface area is 205 Å². The quantitative estimate of drug-likeness (QED) is 0.376. The van der Waals surface area contributed by atoms with Gasteiger partial charge in [-0.15, -0.1) is 6.58 Å². The number of alkyl carbamates (subject to hydrolysis) is 1. The van der Waals surface area contributed by atoms with E-state index in [1.165, 1.54) is 13.4 Å². The van der Waals surface area contributed by atoms with Crippen LogP contribution in [0.25, 0.3) is 22.2 Å². The van der Waals surface area contributed by atoms with Crippen molar-refractivity contribution in [1.82, 2.24) is 19.9 Å². The molecule has 9 nitrogen and oxygen atoms in total. The summed E-state index contributed by atoms with van der Waals surface area (Å²) in [5, 5.41) is 3.66. The number of amides is 1. The van der Waals surface area contributed by atoms with E-state index in [9.17, 15) is 9.59 Å². The number of nitrogens with zero attached hydrogens (tertiary/aromatic N) is 3. The largest absolute Gasteiger partial charge is 0.465 e. The summed E-state index contributed by atoms with van der Waals surface area (Å²) in [6, 6.07) is 7.07. The number of nitrogens with one attached hydrogen (secondary N) is 1. The standard InChI is InChI=1S/C26H33N5O4/c1-8-26(6,30-24(33)35-25(3,4)5)16(2)13-31-14-19(20-21(27)28-15-29-22(20)31)17-9-11-18(12-10-17)23(32)34-7/h8-12,14-16H,1,13H2,2-7H3,(H,30,33)(H2,27,28,29)/t16?,26-/m0/s1. The van der Waals surface area contributed by atoms with Gasteiger partial charge in [-0.3, -0.25) is 0 Å². The van der Waals surface area contributed by atoms with Crippen molar-refractivity contribution in [2.24, 2.45) is 5.92 Å². The number of rotatable bonds is 7. The molecule has 9 heteroatoms. The molecular formula is C26H33N5O4. The molecule has 0 bridgehead atoms. The summed E-state index contributed by atoms with van der Waals surface area (Å²) in [6.07, 6.45) is 4.58. The summed E-state index contributed by atoms with van der Waals surface area (Å²) in [6.45, 7) is 13.8. The Morgan fingerprint density at radius 3 is 2.43 bits per heavy atom. The highest BCUT2D eigenvalue weighted by Gasteiger charge is 2.32. The fraction of sp³-hybridized carbons (Fsp3) is 0.385. The average molecular weight is 480 g/mol. The van der Waals surface area contributed by atoms with Crippen LogP contribution in [0.5, 0.6) is 0 Å². The van der Waals surface area contributed by atoms with E-state index in [0.29, 0.717) is 29.0 Å². The predicted molar refractivity (Wildman–Crippen MR) is 136 cm³/mol. The van der Waals surface area contributed by atoms with Crippen molar-refractivity contribution in [2.45, 2.75) is 52.3 Å². The van der Waals surface area contributed by atoms with Crippen LogP contribution in [0, 0.1) is 5.92 Å². The molecule has 2 heterocycles. The molecule has 0 radical (unpaired) electrons. The number of hydrogen-bond acceptors (Lipinski definition) is 7. The lowest BCUT2D eigenvalue weighted by Gasteiger charge is -2.34. The zero-order valence-corrected chi connectivity index (χ0v) is 21.1. The molecule has 35 heavy (non-hydrogen) atoms. The Hall–Kier alpha value is -3.88. The maximum Gasteiger partial charge on any atom is 0.408 e. The molecule has 2 aromatic heterocycles. The van der Waals surface area contributed by atoms with Crippen LogP contribution in [0.15, 0.2) is 49.4 Å². The lowest BCUT2D eigenvalue weighted by Crippen LogP contribution is -2.51. The lowest BCUT2D eigenvalue weighted by molar-refractivity contribution is 0.0454. The zero-order valence-electron chi connectivity index (χ0n) is 21.1. The fourth-order valence-corrected chi connectivity index (χ4v) is 3.79. The highest BCUT2D eigenvalue weighted by atomic mass is 16.6. The normalized spacial score (nSPS) is 14.1. The van der Waals surface area contributed by atoms with Gasteiger partial charge in [-0.2, -0.15) is 0 Å². The molecule has 3 aromatic rings.